The van der Waals surface area contributed by atoms with Crippen LogP contribution in [0.15, 0.2) is 18.5 Å². The van der Waals surface area contributed by atoms with Gasteiger partial charge >= 0.3 is 0 Å². The van der Waals surface area contributed by atoms with Crippen LogP contribution in [0.5, 0.6) is 5.75 Å². The van der Waals surface area contributed by atoms with E-state index in [0.29, 0.717) is 6.04 Å². The van der Waals surface area contributed by atoms with Crippen molar-refractivity contribution in [2.24, 2.45) is 5.73 Å². The Kier molecular flexibility index (Phi) is 4.42. The van der Waals surface area contributed by atoms with Crippen LogP contribution in [0.2, 0.25) is 0 Å². The largest absolute Gasteiger partial charge is 0.489 e. The summed E-state index contributed by atoms with van der Waals surface area (Å²) in [7, 11) is 0. The monoisotopic (exact) mass is 249 g/mol. The Bertz CT molecular complexity index is 375. The van der Waals surface area contributed by atoms with Crippen LogP contribution >= 0.6 is 0 Å². The van der Waals surface area contributed by atoms with E-state index in [4.69, 9.17) is 10.5 Å². The summed E-state index contributed by atoms with van der Waals surface area (Å²) in [6.45, 7) is 6.21. The predicted molar refractivity (Wildman–Crippen MR) is 74.0 cm³/mol. The smallest absolute Gasteiger partial charge is 0.140 e. The number of piperidine rings is 1. The second kappa shape index (κ2) is 6.05. The molecule has 1 fully saturated rings. The fraction of sp³-hybridized carbons (Fsp3) is 0.643. The van der Waals surface area contributed by atoms with Crippen molar-refractivity contribution in [2.45, 2.75) is 45.3 Å². The molecule has 4 nitrogen and oxygen atoms in total. The molecule has 0 amide bonds. The number of hydrogen-bond acceptors (Lipinski definition) is 4. The van der Waals surface area contributed by atoms with Crippen LogP contribution in [0.3, 0.4) is 0 Å². The molecule has 0 aliphatic carbocycles. The van der Waals surface area contributed by atoms with Gasteiger partial charge in [-0.25, -0.2) is 0 Å². The zero-order valence-electron chi connectivity index (χ0n) is 11.3. The van der Waals surface area contributed by atoms with Gasteiger partial charge in [-0.15, -0.1) is 0 Å². The van der Waals surface area contributed by atoms with Crippen LogP contribution in [-0.2, 0) is 0 Å². The first kappa shape index (κ1) is 13.1. The lowest BCUT2D eigenvalue weighted by atomic mass is 10.1. The minimum atomic E-state index is 0.233. The summed E-state index contributed by atoms with van der Waals surface area (Å²) in [6.07, 6.45) is 7.03. The highest BCUT2D eigenvalue weighted by Crippen LogP contribution is 2.23. The summed E-state index contributed by atoms with van der Waals surface area (Å²) in [5.41, 5.74) is 7.06. The van der Waals surface area contributed by atoms with Gasteiger partial charge in [-0.3, -0.25) is 4.98 Å². The summed E-state index contributed by atoms with van der Waals surface area (Å²) in [5.74, 6) is 0.858. The lowest BCUT2D eigenvalue weighted by Crippen LogP contribution is -2.39. The van der Waals surface area contributed by atoms with E-state index in [0.717, 1.165) is 43.8 Å². The number of rotatable bonds is 4. The molecule has 1 unspecified atom stereocenters. The van der Waals surface area contributed by atoms with Gasteiger partial charge in [0.2, 0.25) is 0 Å². The molecule has 1 saturated heterocycles. The molecular weight excluding hydrogens is 226 g/mol. The van der Waals surface area contributed by atoms with Gasteiger partial charge in [-0.2, -0.15) is 0 Å². The molecule has 100 valence electrons. The Hall–Kier alpha value is -1.29. The van der Waals surface area contributed by atoms with Gasteiger partial charge in [0.05, 0.1) is 24.2 Å². The summed E-state index contributed by atoms with van der Waals surface area (Å²) in [4.78, 5) is 6.60. The van der Waals surface area contributed by atoms with Crippen molar-refractivity contribution < 1.29 is 4.74 Å². The van der Waals surface area contributed by atoms with Crippen LogP contribution in [-0.4, -0.2) is 30.2 Å². The van der Waals surface area contributed by atoms with Crippen molar-refractivity contribution in [2.75, 3.05) is 18.0 Å². The van der Waals surface area contributed by atoms with Crippen LogP contribution < -0.4 is 15.4 Å². The van der Waals surface area contributed by atoms with Gasteiger partial charge in [-0.05, 0) is 26.2 Å². The number of pyridine rings is 1. The van der Waals surface area contributed by atoms with Crippen LogP contribution in [0.4, 0.5) is 5.69 Å². The molecule has 0 saturated carbocycles. The highest BCUT2D eigenvalue weighted by Gasteiger charge is 2.17. The molecule has 18 heavy (non-hydrogen) atoms. The lowest BCUT2D eigenvalue weighted by molar-refractivity contribution is 0.216. The molecule has 1 aliphatic heterocycles. The third-order valence-corrected chi connectivity index (χ3v) is 3.52. The van der Waals surface area contributed by atoms with Crippen molar-refractivity contribution >= 4 is 5.69 Å². The van der Waals surface area contributed by atoms with Gasteiger partial charge in [0.15, 0.2) is 0 Å². The van der Waals surface area contributed by atoms with E-state index in [1.807, 2.05) is 6.20 Å². The van der Waals surface area contributed by atoms with E-state index in [2.05, 4.69) is 29.8 Å². The molecule has 1 aliphatic rings. The molecule has 2 N–H and O–H groups in total. The third-order valence-electron chi connectivity index (χ3n) is 3.52. The summed E-state index contributed by atoms with van der Waals surface area (Å²) >= 11 is 0. The van der Waals surface area contributed by atoms with Gasteiger partial charge in [0.25, 0.3) is 0 Å². The van der Waals surface area contributed by atoms with Gasteiger partial charge in [-0.1, -0.05) is 6.92 Å². The Morgan fingerprint density at radius 2 is 2.17 bits per heavy atom. The number of aromatic nitrogens is 1. The maximum absolute atomic E-state index is 5.92. The van der Waals surface area contributed by atoms with Gasteiger partial charge < -0.3 is 15.4 Å². The molecule has 0 bridgehead atoms. The van der Waals surface area contributed by atoms with E-state index in [1.54, 1.807) is 6.20 Å². The molecular formula is C14H23N3O. The molecule has 4 heteroatoms. The standard InChI is InChI=1S/C14H23N3O/c1-3-11(2)18-14-8-13(9-16-10-14)17-6-4-12(15)5-7-17/h8-12H,3-7,15H2,1-2H3. The van der Waals surface area contributed by atoms with Crippen molar-refractivity contribution in [1.29, 1.82) is 0 Å². The van der Waals surface area contributed by atoms with Crippen LogP contribution in [0.25, 0.3) is 0 Å². The minimum Gasteiger partial charge on any atom is -0.489 e. The van der Waals surface area contributed by atoms with Gasteiger partial charge in [0.1, 0.15) is 5.75 Å². The van der Waals surface area contributed by atoms with Crippen LogP contribution in [0.1, 0.15) is 33.1 Å². The van der Waals surface area contributed by atoms with Crippen LogP contribution in [0, 0.1) is 0 Å². The molecule has 1 atom stereocenters. The highest BCUT2D eigenvalue weighted by atomic mass is 16.5. The fourth-order valence-corrected chi connectivity index (χ4v) is 2.12. The SMILES string of the molecule is CCC(C)Oc1cncc(N2CCC(N)CC2)c1. The van der Waals surface area contributed by atoms with E-state index in [9.17, 15) is 0 Å². The number of nitrogens with two attached hydrogens (primary N) is 1. The fourth-order valence-electron chi connectivity index (χ4n) is 2.12. The second-order valence-corrected chi connectivity index (χ2v) is 5.04. The first-order valence-corrected chi connectivity index (χ1v) is 6.81. The Morgan fingerprint density at radius 3 is 2.83 bits per heavy atom. The molecule has 0 radical (unpaired) electrons. The normalized spacial score (nSPS) is 18.7. The number of anilines is 1. The first-order valence-electron chi connectivity index (χ1n) is 6.81. The Balaban J connectivity index is 2.02. The highest BCUT2D eigenvalue weighted by molar-refractivity contribution is 5.48. The topological polar surface area (TPSA) is 51.4 Å². The van der Waals surface area contributed by atoms with Crippen molar-refractivity contribution in [3.8, 4) is 5.75 Å². The molecule has 2 heterocycles. The summed E-state index contributed by atoms with van der Waals surface area (Å²) < 4.78 is 5.80. The second-order valence-electron chi connectivity index (χ2n) is 5.04. The van der Waals surface area contributed by atoms with E-state index in [1.165, 1.54) is 0 Å². The Morgan fingerprint density at radius 1 is 1.44 bits per heavy atom. The number of hydrogen-bond donors (Lipinski definition) is 1. The predicted octanol–water partition coefficient (Wildman–Crippen LogP) is 2.19. The third kappa shape index (κ3) is 3.35. The summed E-state index contributed by atoms with van der Waals surface area (Å²) in [5, 5.41) is 0. The van der Waals surface area contributed by atoms with E-state index >= 15 is 0 Å². The average Bonchev–Trinajstić information content (AvgIpc) is 2.40. The maximum atomic E-state index is 5.92. The Labute approximate surface area is 109 Å². The summed E-state index contributed by atoms with van der Waals surface area (Å²) in [6, 6.07) is 2.43. The molecule has 2 rings (SSSR count). The quantitative estimate of drug-likeness (QED) is 0.888. The zero-order valence-corrected chi connectivity index (χ0v) is 11.3. The van der Waals surface area contributed by atoms with Crippen molar-refractivity contribution in [3.63, 3.8) is 0 Å². The molecule has 1 aromatic heterocycles. The number of nitrogens with zero attached hydrogens (tertiary/aromatic N) is 2. The number of ether oxygens (including phenoxy) is 1. The van der Waals surface area contributed by atoms with E-state index in [-0.39, 0.29) is 6.10 Å². The molecule has 0 spiro atoms. The minimum absolute atomic E-state index is 0.233. The first-order chi connectivity index (χ1) is 8.69. The van der Waals surface area contributed by atoms with Gasteiger partial charge in [0, 0.05) is 25.2 Å². The average molecular weight is 249 g/mol. The lowest BCUT2D eigenvalue weighted by Gasteiger charge is -2.31. The van der Waals surface area contributed by atoms with E-state index < -0.39 is 0 Å². The molecule has 0 aromatic carbocycles. The zero-order chi connectivity index (χ0) is 13.0. The van der Waals surface area contributed by atoms with Crippen molar-refractivity contribution in [1.82, 2.24) is 4.98 Å². The maximum Gasteiger partial charge on any atom is 0.140 e. The van der Waals surface area contributed by atoms with Crippen molar-refractivity contribution in [3.05, 3.63) is 18.5 Å². The molecule has 1 aromatic rings.